The van der Waals surface area contributed by atoms with Crippen molar-refractivity contribution in [3.63, 3.8) is 0 Å². The predicted molar refractivity (Wildman–Crippen MR) is 114 cm³/mol. The van der Waals surface area contributed by atoms with Crippen LogP contribution in [0.25, 0.3) is 10.8 Å². The number of fused-ring (bicyclic) bond motifs is 1. The van der Waals surface area contributed by atoms with Crippen molar-refractivity contribution in [2.75, 3.05) is 18.9 Å². The number of hydrogen-bond acceptors (Lipinski definition) is 2. The highest BCUT2D eigenvalue weighted by atomic mass is 35.5. The van der Waals surface area contributed by atoms with Gasteiger partial charge in [0.15, 0.2) is 0 Å². The van der Waals surface area contributed by atoms with Crippen LogP contribution in [0.1, 0.15) is 18.5 Å². The van der Waals surface area contributed by atoms with Crippen LogP contribution in [0.5, 0.6) is 0 Å². The number of nitrogens with one attached hydrogen (secondary N) is 2. The summed E-state index contributed by atoms with van der Waals surface area (Å²) in [6.45, 7) is 1.83. The van der Waals surface area contributed by atoms with Crippen molar-refractivity contribution in [3.8, 4) is 0 Å². The van der Waals surface area contributed by atoms with Crippen LogP contribution in [-0.2, 0) is 4.79 Å². The van der Waals surface area contributed by atoms with Gasteiger partial charge in [0, 0.05) is 23.1 Å². The Labute approximate surface area is 169 Å². The molecule has 0 unspecified atom stereocenters. The molecule has 0 aliphatic carbocycles. The fourth-order valence-electron chi connectivity index (χ4n) is 2.94. The van der Waals surface area contributed by atoms with Gasteiger partial charge in [-0.15, -0.1) is 0 Å². The number of benzene rings is 3. The van der Waals surface area contributed by atoms with Crippen LogP contribution in [-0.4, -0.2) is 30.4 Å². The fraction of sp³-hybridized carbons (Fsp3) is 0.182. The van der Waals surface area contributed by atoms with Gasteiger partial charge in [-0.05, 0) is 36.1 Å². The van der Waals surface area contributed by atoms with Crippen molar-refractivity contribution >= 4 is 40.0 Å². The van der Waals surface area contributed by atoms with Crippen molar-refractivity contribution in [1.82, 2.24) is 10.2 Å². The molecule has 144 valence electrons. The molecule has 0 fully saturated rings. The maximum Gasteiger partial charge on any atom is 0.318 e. The SMILES string of the molecule is C[C@H](NC(=O)N(C)CC(=O)Nc1cccc2ccccc12)c1ccc(Cl)cc1. The molecule has 0 bridgehead atoms. The van der Waals surface area contributed by atoms with E-state index in [9.17, 15) is 9.59 Å². The summed E-state index contributed by atoms with van der Waals surface area (Å²) in [6, 6.07) is 20.3. The lowest BCUT2D eigenvalue weighted by Gasteiger charge is -2.21. The maximum absolute atomic E-state index is 12.4. The van der Waals surface area contributed by atoms with Gasteiger partial charge in [0.2, 0.25) is 5.91 Å². The molecule has 2 N–H and O–H groups in total. The van der Waals surface area contributed by atoms with Gasteiger partial charge in [-0.2, -0.15) is 0 Å². The van der Waals surface area contributed by atoms with Crippen LogP contribution in [0.4, 0.5) is 10.5 Å². The molecule has 3 rings (SSSR count). The van der Waals surface area contributed by atoms with Gasteiger partial charge in [-0.3, -0.25) is 4.79 Å². The van der Waals surface area contributed by atoms with E-state index >= 15 is 0 Å². The monoisotopic (exact) mass is 395 g/mol. The summed E-state index contributed by atoms with van der Waals surface area (Å²) in [5, 5.41) is 8.41. The highest BCUT2D eigenvalue weighted by molar-refractivity contribution is 6.30. The minimum absolute atomic E-state index is 0.0532. The summed E-state index contributed by atoms with van der Waals surface area (Å²) in [5.74, 6) is -0.256. The van der Waals surface area contributed by atoms with E-state index in [2.05, 4.69) is 10.6 Å². The number of hydrogen-bond donors (Lipinski definition) is 2. The number of amides is 3. The van der Waals surface area contributed by atoms with E-state index in [1.54, 1.807) is 19.2 Å². The van der Waals surface area contributed by atoms with Gasteiger partial charge in [0.05, 0.1) is 6.04 Å². The molecule has 5 nitrogen and oxygen atoms in total. The first-order chi connectivity index (χ1) is 13.4. The van der Waals surface area contributed by atoms with Crippen molar-refractivity contribution in [2.24, 2.45) is 0 Å². The summed E-state index contributed by atoms with van der Waals surface area (Å²) >= 11 is 5.89. The van der Waals surface area contributed by atoms with Gasteiger partial charge in [0.1, 0.15) is 6.54 Å². The molecule has 28 heavy (non-hydrogen) atoms. The summed E-state index contributed by atoms with van der Waals surface area (Å²) in [5.41, 5.74) is 1.66. The molecule has 0 aliphatic rings. The standard InChI is InChI=1S/C22H22ClN3O2/c1-15(16-10-12-18(23)13-11-16)24-22(28)26(2)14-21(27)25-20-9-5-7-17-6-3-4-8-19(17)20/h3-13,15H,14H2,1-2H3,(H,24,28)(H,25,27)/t15-/m0/s1. The molecular weight excluding hydrogens is 374 g/mol. The first kappa shape index (κ1) is 19.7. The lowest BCUT2D eigenvalue weighted by atomic mass is 10.1. The average Bonchev–Trinajstić information content (AvgIpc) is 2.68. The van der Waals surface area contributed by atoms with Crippen LogP contribution >= 0.6 is 11.6 Å². The van der Waals surface area contributed by atoms with Gasteiger partial charge in [-0.1, -0.05) is 60.1 Å². The lowest BCUT2D eigenvalue weighted by Crippen LogP contribution is -2.42. The third kappa shape index (κ3) is 4.81. The predicted octanol–water partition coefficient (Wildman–Crippen LogP) is 4.83. The number of urea groups is 1. The first-order valence-electron chi connectivity index (χ1n) is 8.99. The minimum atomic E-state index is -0.324. The highest BCUT2D eigenvalue weighted by Gasteiger charge is 2.16. The Morgan fingerprint density at radius 2 is 1.68 bits per heavy atom. The van der Waals surface area contributed by atoms with Crippen molar-refractivity contribution < 1.29 is 9.59 Å². The van der Waals surface area contributed by atoms with Gasteiger partial charge >= 0.3 is 6.03 Å². The lowest BCUT2D eigenvalue weighted by molar-refractivity contribution is -0.116. The number of likely N-dealkylation sites (N-methyl/N-ethyl adjacent to an activating group) is 1. The zero-order valence-electron chi connectivity index (χ0n) is 15.8. The third-order valence-electron chi connectivity index (χ3n) is 4.50. The molecule has 0 saturated heterocycles. The second kappa shape index (κ2) is 8.76. The van der Waals surface area contributed by atoms with E-state index in [0.29, 0.717) is 5.02 Å². The molecule has 0 saturated carbocycles. The number of rotatable bonds is 5. The van der Waals surface area contributed by atoms with Crippen molar-refractivity contribution in [2.45, 2.75) is 13.0 Å². The largest absolute Gasteiger partial charge is 0.331 e. The highest BCUT2D eigenvalue weighted by Crippen LogP contribution is 2.23. The fourth-order valence-corrected chi connectivity index (χ4v) is 3.07. The molecule has 0 heterocycles. The molecule has 3 aromatic carbocycles. The molecule has 0 radical (unpaired) electrons. The van der Waals surface area contributed by atoms with Gasteiger partial charge < -0.3 is 15.5 Å². The second-order valence-electron chi connectivity index (χ2n) is 6.65. The van der Waals surface area contributed by atoms with Crippen molar-refractivity contribution in [1.29, 1.82) is 0 Å². The molecular formula is C22H22ClN3O2. The van der Waals surface area contributed by atoms with Gasteiger partial charge in [-0.25, -0.2) is 4.79 Å². The van der Waals surface area contributed by atoms with E-state index in [0.717, 1.165) is 22.0 Å². The second-order valence-corrected chi connectivity index (χ2v) is 7.09. The molecule has 0 aromatic heterocycles. The van der Waals surface area contributed by atoms with E-state index in [1.807, 2.05) is 61.5 Å². The Balaban J connectivity index is 1.58. The normalized spacial score (nSPS) is 11.7. The number of carbonyl (C=O) groups is 2. The van der Waals surface area contributed by atoms with Gasteiger partial charge in [0.25, 0.3) is 0 Å². The minimum Gasteiger partial charge on any atom is -0.331 e. The van der Waals surface area contributed by atoms with Crippen LogP contribution < -0.4 is 10.6 Å². The van der Waals surface area contributed by atoms with E-state index in [4.69, 9.17) is 11.6 Å². The Morgan fingerprint density at radius 1 is 1.00 bits per heavy atom. The summed E-state index contributed by atoms with van der Waals surface area (Å²) in [6.07, 6.45) is 0. The van der Waals surface area contributed by atoms with Crippen LogP contribution in [0.15, 0.2) is 66.7 Å². The van der Waals surface area contributed by atoms with E-state index in [1.165, 1.54) is 4.90 Å². The zero-order valence-corrected chi connectivity index (χ0v) is 16.5. The molecule has 1 atom stereocenters. The van der Waals surface area contributed by atoms with Crippen LogP contribution in [0.3, 0.4) is 0 Å². The smallest absolute Gasteiger partial charge is 0.318 e. The molecule has 0 aliphatic heterocycles. The number of nitrogens with zero attached hydrogens (tertiary/aromatic N) is 1. The third-order valence-corrected chi connectivity index (χ3v) is 4.75. The Morgan fingerprint density at radius 3 is 2.43 bits per heavy atom. The van der Waals surface area contributed by atoms with Crippen molar-refractivity contribution in [3.05, 3.63) is 77.3 Å². The summed E-state index contributed by atoms with van der Waals surface area (Å²) in [4.78, 5) is 26.2. The molecule has 0 spiro atoms. The van der Waals surface area contributed by atoms with Crippen LogP contribution in [0.2, 0.25) is 5.02 Å². The molecule has 3 amide bonds. The quantitative estimate of drug-likeness (QED) is 0.649. The Kier molecular flexibility index (Phi) is 6.16. The number of carbonyl (C=O) groups excluding carboxylic acids is 2. The summed E-state index contributed by atoms with van der Waals surface area (Å²) in [7, 11) is 1.59. The molecule has 6 heteroatoms. The summed E-state index contributed by atoms with van der Waals surface area (Å²) < 4.78 is 0. The van der Waals surface area contributed by atoms with E-state index < -0.39 is 0 Å². The first-order valence-corrected chi connectivity index (χ1v) is 9.36. The maximum atomic E-state index is 12.4. The number of anilines is 1. The Bertz CT molecular complexity index is 983. The topological polar surface area (TPSA) is 61.4 Å². The van der Waals surface area contributed by atoms with Crippen LogP contribution in [0, 0.1) is 0 Å². The number of halogens is 1. The molecule has 3 aromatic rings. The average molecular weight is 396 g/mol. The zero-order chi connectivity index (χ0) is 20.1. The Hall–Kier alpha value is -3.05. The van der Waals surface area contributed by atoms with E-state index in [-0.39, 0.29) is 24.5 Å².